The van der Waals surface area contributed by atoms with Gasteiger partial charge in [-0.2, -0.15) is 0 Å². The SMILES string of the molecule is C#CCNC(=NC)N1CCC(N2CCOCC2)C1. The van der Waals surface area contributed by atoms with Gasteiger partial charge in [-0.25, -0.2) is 0 Å². The molecule has 2 aliphatic rings. The number of nitrogens with zero attached hydrogens (tertiary/aromatic N) is 3. The molecule has 0 aromatic heterocycles. The number of terminal acetylenes is 1. The Bertz CT molecular complexity index is 330. The topological polar surface area (TPSA) is 40.1 Å². The fourth-order valence-corrected chi connectivity index (χ4v) is 2.64. The molecule has 0 aromatic rings. The van der Waals surface area contributed by atoms with Crippen LogP contribution in [0.2, 0.25) is 0 Å². The van der Waals surface area contributed by atoms with Crippen molar-refractivity contribution in [3.8, 4) is 12.3 Å². The molecule has 0 aromatic carbocycles. The Labute approximate surface area is 109 Å². The van der Waals surface area contributed by atoms with E-state index in [4.69, 9.17) is 11.2 Å². The smallest absolute Gasteiger partial charge is 0.194 e. The summed E-state index contributed by atoms with van der Waals surface area (Å²) in [6, 6.07) is 0.623. The first kappa shape index (κ1) is 13.2. The Morgan fingerprint density at radius 2 is 2.22 bits per heavy atom. The summed E-state index contributed by atoms with van der Waals surface area (Å²) in [6.07, 6.45) is 6.46. The number of ether oxygens (including phenoxy) is 1. The van der Waals surface area contributed by atoms with E-state index in [9.17, 15) is 0 Å². The zero-order valence-corrected chi connectivity index (χ0v) is 11.1. The minimum atomic E-state index is 0.533. The zero-order chi connectivity index (χ0) is 12.8. The Kier molecular flexibility index (Phi) is 4.85. The molecule has 1 unspecified atom stereocenters. The molecule has 0 bridgehead atoms. The Morgan fingerprint density at radius 3 is 2.89 bits per heavy atom. The first-order chi connectivity index (χ1) is 8.85. The third-order valence-corrected chi connectivity index (χ3v) is 3.59. The van der Waals surface area contributed by atoms with Crippen molar-refractivity contribution in [3.05, 3.63) is 0 Å². The number of hydrogen-bond donors (Lipinski definition) is 1. The maximum atomic E-state index is 5.39. The molecule has 2 rings (SSSR count). The summed E-state index contributed by atoms with van der Waals surface area (Å²) < 4.78 is 5.39. The lowest BCUT2D eigenvalue weighted by molar-refractivity contribution is 0.0195. The first-order valence-electron chi connectivity index (χ1n) is 6.56. The Balaban J connectivity index is 1.85. The van der Waals surface area contributed by atoms with Crippen molar-refractivity contribution in [1.29, 1.82) is 0 Å². The van der Waals surface area contributed by atoms with Gasteiger partial charge < -0.3 is 15.0 Å². The third-order valence-electron chi connectivity index (χ3n) is 3.59. The second kappa shape index (κ2) is 6.62. The van der Waals surface area contributed by atoms with Crippen molar-refractivity contribution >= 4 is 5.96 Å². The second-order valence-electron chi connectivity index (χ2n) is 4.64. The number of morpholine rings is 1. The fraction of sp³-hybridized carbons (Fsp3) is 0.769. The van der Waals surface area contributed by atoms with Gasteiger partial charge in [0.15, 0.2) is 5.96 Å². The standard InChI is InChI=1S/C13H22N4O/c1-3-5-15-13(14-2)17-6-4-12(11-17)16-7-9-18-10-8-16/h1,12H,4-11H2,2H3,(H,14,15). The van der Waals surface area contributed by atoms with E-state index in [-0.39, 0.29) is 0 Å². The van der Waals surface area contributed by atoms with E-state index in [0.717, 1.165) is 45.4 Å². The summed E-state index contributed by atoms with van der Waals surface area (Å²) in [6.45, 7) is 6.44. The van der Waals surface area contributed by atoms with E-state index < -0.39 is 0 Å². The molecule has 100 valence electrons. The number of guanidine groups is 1. The lowest BCUT2D eigenvalue weighted by Crippen LogP contribution is -2.46. The highest BCUT2D eigenvalue weighted by molar-refractivity contribution is 5.80. The minimum Gasteiger partial charge on any atom is -0.379 e. The van der Waals surface area contributed by atoms with Crippen LogP contribution in [0.1, 0.15) is 6.42 Å². The first-order valence-corrected chi connectivity index (χ1v) is 6.56. The van der Waals surface area contributed by atoms with Crippen molar-refractivity contribution in [2.24, 2.45) is 4.99 Å². The van der Waals surface area contributed by atoms with Crippen molar-refractivity contribution in [2.45, 2.75) is 12.5 Å². The molecule has 0 aliphatic carbocycles. The summed E-state index contributed by atoms with van der Waals surface area (Å²) in [5.74, 6) is 3.51. The summed E-state index contributed by atoms with van der Waals surface area (Å²) >= 11 is 0. The van der Waals surface area contributed by atoms with Crippen molar-refractivity contribution in [1.82, 2.24) is 15.1 Å². The van der Waals surface area contributed by atoms with Gasteiger partial charge in [0.1, 0.15) is 0 Å². The van der Waals surface area contributed by atoms with Gasteiger partial charge >= 0.3 is 0 Å². The normalized spacial score (nSPS) is 26.1. The molecule has 5 nitrogen and oxygen atoms in total. The summed E-state index contributed by atoms with van der Waals surface area (Å²) in [5.41, 5.74) is 0. The second-order valence-corrected chi connectivity index (χ2v) is 4.64. The number of hydrogen-bond acceptors (Lipinski definition) is 3. The molecule has 0 radical (unpaired) electrons. The quantitative estimate of drug-likeness (QED) is 0.411. The summed E-state index contributed by atoms with van der Waals surface area (Å²) in [7, 11) is 1.81. The van der Waals surface area contributed by atoms with Gasteiger partial charge in [-0.3, -0.25) is 9.89 Å². The van der Waals surface area contributed by atoms with E-state index in [1.165, 1.54) is 6.42 Å². The summed E-state index contributed by atoms with van der Waals surface area (Å²) in [4.78, 5) is 9.09. The lowest BCUT2D eigenvalue weighted by Gasteiger charge is -2.32. The van der Waals surface area contributed by atoms with Gasteiger partial charge in [0.25, 0.3) is 0 Å². The number of rotatable bonds is 2. The van der Waals surface area contributed by atoms with Crippen LogP contribution >= 0.6 is 0 Å². The molecular weight excluding hydrogens is 228 g/mol. The molecule has 0 amide bonds. The van der Waals surface area contributed by atoms with Crippen molar-refractivity contribution < 1.29 is 4.74 Å². The molecule has 18 heavy (non-hydrogen) atoms. The highest BCUT2D eigenvalue weighted by atomic mass is 16.5. The van der Waals surface area contributed by atoms with Crippen LogP contribution < -0.4 is 5.32 Å². The molecule has 2 fully saturated rings. The molecule has 1 atom stereocenters. The Morgan fingerprint density at radius 1 is 1.44 bits per heavy atom. The monoisotopic (exact) mass is 250 g/mol. The average molecular weight is 250 g/mol. The van der Waals surface area contributed by atoms with E-state index >= 15 is 0 Å². The molecule has 2 aliphatic heterocycles. The van der Waals surface area contributed by atoms with Crippen LogP contribution in [-0.2, 0) is 4.74 Å². The van der Waals surface area contributed by atoms with Crippen LogP contribution in [0.15, 0.2) is 4.99 Å². The predicted molar refractivity (Wildman–Crippen MR) is 72.6 cm³/mol. The predicted octanol–water partition coefficient (Wildman–Crippen LogP) is -0.398. The van der Waals surface area contributed by atoms with E-state index in [0.29, 0.717) is 12.6 Å². The van der Waals surface area contributed by atoms with E-state index in [1.807, 2.05) is 0 Å². The van der Waals surface area contributed by atoms with Gasteiger partial charge in [0.05, 0.1) is 19.8 Å². The van der Waals surface area contributed by atoms with Crippen LogP contribution in [0.25, 0.3) is 0 Å². The maximum absolute atomic E-state index is 5.39. The minimum absolute atomic E-state index is 0.533. The molecule has 0 spiro atoms. The molecule has 0 saturated carbocycles. The molecule has 1 N–H and O–H groups in total. The fourth-order valence-electron chi connectivity index (χ4n) is 2.64. The number of aliphatic imine (C=N–C) groups is 1. The molecule has 2 heterocycles. The van der Waals surface area contributed by atoms with E-state index in [1.54, 1.807) is 7.05 Å². The zero-order valence-electron chi connectivity index (χ0n) is 11.1. The van der Waals surface area contributed by atoms with E-state index in [2.05, 4.69) is 26.0 Å². The highest BCUT2D eigenvalue weighted by Crippen LogP contribution is 2.16. The third kappa shape index (κ3) is 3.15. The lowest BCUT2D eigenvalue weighted by atomic mass is 10.2. The number of likely N-dealkylation sites (tertiary alicyclic amines) is 1. The van der Waals surface area contributed by atoms with Crippen LogP contribution in [0.3, 0.4) is 0 Å². The highest BCUT2D eigenvalue weighted by Gasteiger charge is 2.29. The average Bonchev–Trinajstić information content (AvgIpc) is 2.90. The van der Waals surface area contributed by atoms with Crippen LogP contribution in [0.4, 0.5) is 0 Å². The van der Waals surface area contributed by atoms with Gasteiger partial charge in [-0.05, 0) is 6.42 Å². The van der Waals surface area contributed by atoms with Crippen LogP contribution in [0.5, 0.6) is 0 Å². The summed E-state index contributed by atoms with van der Waals surface area (Å²) in [5, 5.41) is 3.18. The molecule has 2 saturated heterocycles. The number of nitrogens with one attached hydrogen (secondary N) is 1. The Hall–Kier alpha value is -1.25. The largest absolute Gasteiger partial charge is 0.379 e. The van der Waals surface area contributed by atoms with Crippen molar-refractivity contribution in [3.63, 3.8) is 0 Å². The molecular formula is C13H22N4O. The maximum Gasteiger partial charge on any atom is 0.194 e. The molecule has 5 heteroatoms. The van der Waals surface area contributed by atoms with Crippen LogP contribution in [0, 0.1) is 12.3 Å². The van der Waals surface area contributed by atoms with Gasteiger partial charge in [0.2, 0.25) is 0 Å². The van der Waals surface area contributed by atoms with Gasteiger partial charge in [-0.15, -0.1) is 6.42 Å². The van der Waals surface area contributed by atoms with Crippen molar-refractivity contribution in [2.75, 3.05) is 53.0 Å². The van der Waals surface area contributed by atoms with Crippen LogP contribution in [-0.4, -0.2) is 74.8 Å². The van der Waals surface area contributed by atoms with Gasteiger partial charge in [0, 0.05) is 39.3 Å². The van der Waals surface area contributed by atoms with Gasteiger partial charge in [-0.1, -0.05) is 5.92 Å².